The Bertz CT molecular complexity index is 1030. The van der Waals surface area contributed by atoms with E-state index in [0.717, 1.165) is 70.6 Å². The fourth-order valence-corrected chi connectivity index (χ4v) is 6.01. The molecule has 1 unspecified atom stereocenters. The van der Waals surface area contributed by atoms with Gasteiger partial charge in [0.1, 0.15) is 6.10 Å². The third kappa shape index (κ3) is 45.6. The third-order valence-corrected chi connectivity index (χ3v) is 9.39. The summed E-state index contributed by atoms with van der Waals surface area (Å²) in [7, 11) is 0. The average Bonchev–Trinajstić information content (AvgIpc) is 3.19. The summed E-state index contributed by atoms with van der Waals surface area (Å²) >= 11 is 0. The van der Waals surface area contributed by atoms with Crippen molar-refractivity contribution in [1.82, 2.24) is 0 Å². The number of ether oxygens (including phenoxy) is 2. The van der Waals surface area contributed by atoms with E-state index in [4.69, 9.17) is 9.47 Å². The number of rotatable bonds is 41. The summed E-state index contributed by atoms with van der Waals surface area (Å²) in [6.07, 6.45) is 67.6. The lowest BCUT2D eigenvalue weighted by atomic mass is 10.1. The zero-order chi connectivity index (χ0) is 39.8. The molecular weight excluding hydrogens is 677 g/mol. The first-order valence-corrected chi connectivity index (χ1v) is 22.8. The van der Waals surface area contributed by atoms with Crippen LogP contribution in [0.25, 0.3) is 0 Å². The molecule has 0 saturated heterocycles. The summed E-state index contributed by atoms with van der Waals surface area (Å²) in [5.74, 6) is -0.217. The van der Waals surface area contributed by atoms with Crippen LogP contribution in [0.5, 0.6) is 0 Å². The second kappa shape index (κ2) is 47.5. The van der Waals surface area contributed by atoms with E-state index in [2.05, 4.69) is 111 Å². The number of carbonyl (C=O) groups is 1. The van der Waals surface area contributed by atoms with Gasteiger partial charge in [-0.2, -0.15) is 0 Å². The molecule has 0 aliphatic heterocycles. The number of hydrogen-bond donors (Lipinski definition) is 1. The molecular formula is C51H86O4. The van der Waals surface area contributed by atoms with Crippen molar-refractivity contribution in [2.45, 2.75) is 200 Å². The molecule has 0 spiro atoms. The van der Waals surface area contributed by atoms with Crippen molar-refractivity contribution >= 4 is 5.97 Å². The van der Waals surface area contributed by atoms with Gasteiger partial charge in [-0.1, -0.05) is 188 Å². The van der Waals surface area contributed by atoms with Gasteiger partial charge in [-0.15, -0.1) is 0 Å². The van der Waals surface area contributed by atoms with E-state index < -0.39 is 6.10 Å². The zero-order valence-electron chi connectivity index (χ0n) is 35.9. The maximum atomic E-state index is 12.2. The topological polar surface area (TPSA) is 55.8 Å². The SMILES string of the molecule is CC/C=C\C/C=C\C/C=C\C/C=C\C/C=C\C/C=C\CCCCCCCCCOCC(CO)OC(=O)CCCCCCCCC/C=C\C/C=C\CCCCC. The molecule has 0 aromatic rings. The maximum Gasteiger partial charge on any atom is 0.306 e. The quantitative estimate of drug-likeness (QED) is 0.0383. The van der Waals surface area contributed by atoms with Crippen LogP contribution in [-0.2, 0) is 14.3 Å². The van der Waals surface area contributed by atoms with Crippen LogP contribution in [0.4, 0.5) is 0 Å². The Morgan fingerprint density at radius 1 is 0.455 bits per heavy atom. The molecule has 0 fully saturated rings. The molecule has 0 heterocycles. The van der Waals surface area contributed by atoms with Gasteiger partial charge in [0.05, 0.1) is 13.2 Å². The number of esters is 1. The van der Waals surface area contributed by atoms with Gasteiger partial charge in [-0.3, -0.25) is 4.79 Å². The van der Waals surface area contributed by atoms with E-state index in [1.807, 2.05) is 0 Å². The van der Waals surface area contributed by atoms with E-state index >= 15 is 0 Å². The predicted molar refractivity (Wildman–Crippen MR) is 242 cm³/mol. The molecule has 0 saturated carbocycles. The number of unbranched alkanes of at least 4 members (excludes halogenated alkanes) is 17. The van der Waals surface area contributed by atoms with Gasteiger partial charge in [0, 0.05) is 13.0 Å². The van der Waals surface area contributed by atoms with Gasteiger partial charge in [0.25, 0.3) is 0 Å². The fraction of sp³-hybridized carbons (Fsp3) is 0.667. The van der Waals surface area contributed by atoms with Crippen LogP contribution < -0.4 is 0 Å². The van der Waals surface area contributed by atoms with Gasteiger partial charge in [-0.25, -0.2) is 0 Å². The third-order valence-electron chi connectivity index (χ3n) is 9.39. The fourth-order valence-electron chi connectivity index (χ4n) is 6.01. The first kappa shape index (κ1) is 52.3. The van der Waals surface area contributed by atoms with Crippen molar-refractivity contribution in [3.63, 3.8) is 0 Å². The lowest BCUT2D eigenvalue weighted by Crippen LogP contribution is -2.27. The summed E-state index contributed by atoms with van der Waals surface area (Å²) in [5.41, 5.74) is 0. The van der Waals surface area contributed by atoms with Crippen molar-refractivity contribution in [1.29, 1.82) is 0 Å². The molecule has 0 amide bonds. The molecule has 0 radical (unpaired) electrons. The zero-order valence-corrected chi connectivity index (χ0v) is 35.9. The van der Waals surface area contributed by atoms with Gasteiger partial charge >= 0.3 is 5.97 Å². The largest absolute Gasteiger partial charge is 0.457 e. The van der Waals surface area contributed by atoms with E-state index in [1.165, 1.54) is 103 Å². The Morgan fingerprint density at radius 2 is 0.818 bits per heavy atom. The number of aliphatic hydroxyl groups is 1. The van der Waals surface area contributed by atoms with Gasteiger partial charge in [0.2, 0.25) is 0 Å². The Labute approximate surface area is 341 Å². The van der Waals surface area contributed by atoms with Crippen molar-refractivity contribution < 1.29 is 19.4 Å². The smallest absolute Gasteiger partial charge is 0.306 e. The van der Waals surface area contributed by atoms with Crippen molar-refractivity contribution in [2.75, 3.05) is 19.8 Å². The highest BCUT2D eigenvalue weighted by Gasteiger charge is 2.13. The Kier molecular flexibility index (Phi) is 45.1. The number of aliphatic hydroxyl groups excluding tert-OH is 1. The molecule has 1 atom stereocenters. The molecule has 55 heavy (non-hydrogen) atoms. The summed E-state index contributed by atoms with van der Waals surface area (Å²) in [5, 5.41) is 9.62. The van der Waals surface area contributed by atoms with Gasteiger partial charge in [-0.05, 0) is 96.3 Å². The maximum absolute atomic E-state index is 12.2. The van der Waals surface area contributed by atoms with Gasteiger partial charge in [0.15, 0.2) is 0 Å². The second-order valence-electron chi connectivity index (χ2n) is 14.7. The minimum absolute atomic E-state index is 0.185. The van der Waals surface area contributed by atoms with E-state index in [0.29, 0.717) is 13.0 Å². The summed E-state index contributed by atoms with van der Waals surface area (Å²) in [6, 6.07) is 0. The van der Waals surface area contributed by atoms with E-state index in [1.54, 1.807) is 0 Å². The van der Waals surface area contributed by atoms with E-state index in [-0.39, 0.29) is 19.2 Å². The lowest BCUT2D eigenvalue weighted by Gasteiger charge is -2.15. The van der Waals surface area contributed by atoms with Crippen LogP contribution in [0, 0.1) is 0 Å². The van der Waals surface area contributed by atoms with Gasteiger partial charge < -0.3 is 14.6 Å². The summed E-state index contributed by atoms with van der Waals surface area (Å²) < 4.78 is 11.2. The average molecular weight is 763 g/mol. The minimum Gasteiger partial charge on any atom is -0.457 e. The molecule has 0 aliphatic rings. The highest BCUT2D eigenvalue weighted by Crippen LogP contribution is 2.12. The summed E-state index contributed by atoms with van der Waals surface area (Å²) in [6.45, 7) is 5.16. The number of hydrogen-bond acceptors (Lipinski definition) is 4. The molecule has 4 heteroatoms. The number of carbonyl (C=O) groups excluding carboxylic acids is 1. The Hall–Kier alpha value is -2.69. The first-order chi connectivity index (χ1) is 27.2. The second-order valence-corrected chi connectivity index (χ2v) is 14.7. The van der Waals surface area contributed by atoms with Crippen molar-refractivity contribution in [3.05, 3.63) is 97.2 Å². The molecule has 1 N–H and O–H groups in total. The molecule has 4 nitrogen and oxygen atoms in total. The standard InChI is InChI=1S/C51H86O4/c1-3-5-7-9-11-13-15-17-19-21-22-23-24-25-26-27-28-29-31-33-35-37-39-41-43-45-47-54-49-50(48-52)55-51(53)46-44-42-40-38-36-34-32-30-20-18-16-14-12-10-8-6-4-2/h5,7,11-14,17-20,22-23,25-26,28-29,50,52H,3-4,6,8-10,15-16,21,24,27,30-49H2,1-2H3/b7-5-,13-11-,14-12-,19-17-,20-18-,23-22-,26-25-,29-28-. The molecule has 0 bridgehead atoms. The predicted octanol–water partition coefficient (Wildman–Crippen LogP) is 15.3. The monoisotopic (exact) mass is 763 g/mol. The first-order valence-electron chi connectivity index (χ1n) is 22.8. The molecule has 0 aliphatic carbocycles. The highest BCUT2D eigenvalue weighted by molar-refractivity contribution is 5.69. The number of allylic oxidation sites excluding steroid dienone is 16. The van der Waals surface area contributed by atoms with E-state index in [9.17, 15) is 9.90 Å². The molecule has 0 aromatic heterocycles. The lowest BCUT2D eigenvalue weighted by molar-refractivity contribution is -0.154. The molecule has 0 rings (SSSR count). The van der Waals surface area contributed by atoms with Crippen LogP contribution >= 0.6 is 0 Å². The molecule has 0 aromatic carbocycles. The van der Waals surface area contributed by atoms with Crippen LogP contribution in [0.1, 0.15) is 194 Å². The normalized spacial score (nSPS) is 13.3. The Morgan fingerprint density at radius 3 is 1.24 bits per heavy atom. The summed E-state index contributed by atoms with van der Waals surface area (Å²) in [4.78, 5) is 12.2. The molecule has 314 valence electrons. The van der Waals surface area contributed by atoms with Crippen molar-refractivity contribution in [2.24, 2.45) is 0 Å². The van der Waals surface area contributed by atoms with Crippen LogP contribution in [-0.4, -0.2) is 37.0 Å². The highest BCUT2D eigenvalue weighted by atomic mass is 16.6. The van der Waals surface area contributed by atoms with Crippen molar-refractivity contribution in [3.8, 4) is 0 Å². The van der Waals surface area contributed by atoms with Crippen LogP contribution in [0.15, 0.2) is 97.2 Å². The minimum atomic E-state index is -0.551. The Balaban J connectivity index is 3.52. The van der Waals surface area contributed by atoms with Crippen LogP contribution in [0.3, 0.4) is 0 Å². The van der Waals surface area contributed by atoms with Crippen LogP contribution in [0.2, 0.25) is 0 Å².